The van der Waals surface area contributed by atoms with Gasteiger partial charge in [0.15, 0.2) is 0 Å². The van der Waals surface area contributed by atoms with Crippen molar-refractivity contribution in [3.8, 4) is 0 Å². The molecule has 0 saturated carbocycles. The Kier molecular flexibility index (Phi) is 6.34. The zero-order valence-corrected chi connectivity index (χ0v) is 16.0. The fourth-order valence-electron chi connectivity index (χ4n) is 2.24. The van der Waals surface area contributed by atoms with Crippen LogP contribution in [0.25, 0.3) is 0 Å². The van der Waals surface area contributed by atoms with Gasteiger partial charge in [-0.2, -0.15) is 0 Å². The lowest BCUT2D eigenvalue weighted by molar-refractivity contribution is 0.316. The Bertz CT molecular complexity index is 726. The second-order valence-corrected chi connectivity index (χ2v) is 8.72. The fraction of sp³-hybridized carbons (Fsp3) is 0.438. The number of sulfonamides is 1. The molecule has 132 valence electrons. The molecule has 0 radical (unpaired) electrons. The van der Waals surface area contributed by atoms with Gasteiger partial charge in [-0.15, -0.1) is 11.3 Å². The van der Waals surface area contributed by atoms with E-state index in [-0.39, 0.29) is 17.0 Å². The van der Waals surface area contributed by atoms with E-state index in [0.29, 0.717) is 12.4 Å². The molecule has 0 aliphatic rings. The normalized spacial score (nSPS) is 13.4. The maximum atomic E-state index is 12.1. The summed E-state index contributed by atoms with van der Waals surface area (Å²) in [6, 6.07) is 7.48. The molecule has 0 aliphatic carbocycles. The lowest BCUT2D eigenvalue weighted by Crippen LogP contribution is -2.30. The number of rotatable bonds is 8. The van der Waals surface area contributed by atoms with Gasteiger partial charge in [0.2, 0.25) is 10.0 Å². The lowest BCUT2D eigenvalue weighted by atomic mass is 10.2. The summed E-state index contributed by atoms with van der Waals surface area (Å²) >= 11 is 1.72. The topological polar surface area (TPSA) is 74.3 Å². The van der Waals surface area contributed by atoms with Gasteiger partial charge >= 0.3 is 0 Å². The molecule has 0 amide bonds. The molecule has 8 heteroatoms. The van der Waals surface area contributed by atoms with Crippen LogP contribution in [0.2, 0.25) is 0 Å². The van der Waals surface area contributed by atoms with Crippen LogP contribution in [0.3, 0.4) is 0 Å². The van der Waals surface area contributed by atoms with Gasteiger partial charge in [0.25, 0.3) is 0 Å². The molecule has 24 heavy (non-hydrogen) atoms. The van der Waals surface area contributed by atoms with Crippen molar-refractivity contribution in [1.29, 1.82) is 0 Å². The van der Waals surface area contributed by atoms with Gasteiger partial charge in [-0.3, -0.25) is 0 Å². The van der Waals surface area contributed by atoms with E-state index in [2.05, 4.69) is 31.4 Å². The van der Waals surface area contributed by atoms with E-state index in [1.54, 1.807) is 37.3 Å². The molecule has 1 atom stereocenters. The molecular weight excluding hydrogens is 344 g/mol. The van der Waals surface area contributed by atoms with Gasteiger partial charge in [0.05, 0.1) is 6.04 Å². The van der Waals surface area contributed by atoms with Crippen LogP contribution in [-0.4, -0.2) is 45.0 Å². The molecule has 0 saturated heterocycles. The minimum absolute atomic E-state index is 0.153. The Morgan fingerprint density at radius 2 is 2.00 bits per heavy atom. The quantitative estimate of drug-likeness (QED) is 0.749. The van der Waals surface area contributed by atoms with E-state index in [4.69, 9.17) is 0 Å². The van der Waals surface area contributed by atoms with Crippen molar-refractivity contribution in [1.82, 2.24) is 14.6 Å². The summed E-state index contributed by atoms with van der Waals surface area (Å²) in [7, 11) is 0.566. The Morgan fingerprint density at radius 3 is 2.50 bits per heavy atom. The molecule has 6 nitrogen and oxygen atoms in total. The van der Waals surface area contributed by atoms with Gasteiger partial charge < -0.3 is 10.2 Å². The van der Waals surface area contributed by atoms with Crippen LogP contribution < -0.4 is 10.0 Å². The summed E-state index contributed by atoms with van der Waals surface area (Å²) in [6.07, 6.45) is 1.38. The van der Waals surface area contributed by atoms with Gasteiger partial charge in [0.1, 0.15) is 10.7 Å². The molecule has 2 heterocycles. The van der Waals surface area contributed by atoms with Crippen LogP contribution in [0.1, 0.15) is 24.8 Å². The summed E-state index contributed by atoms with van der Waals surface area (Å²) in [5.41, 5.74) is 0. The van der Waals surface area contributed by atoms with E-state index in [0.717, 1.165) is 0 Å². The van der Waals surface area contributed by atoms with Crippen LogP contribution in [-0.2, 0) is 10.0 Å². The highest BCUT2D eigenvalue weighted by atomic mass is 32.2. The maximum Gasteiger partial charge on any atom is 0.242 e. The summed E-state index contributed by atoms with van der Waals surface area (Å²) in [4.78, 5) is 7.80. The number of hydrogen-bond donors (Lipinski definition) is 2. The van der Waals surface area contributed by atoms with Crippen molar-refractivity contribution in [2.45, 2.75) is 30.8 Å². The number of nitrogens with one attached hydrogen (secondary N) is 2. The molecule has 2 N–H and O–H groups in total. The number of thiophene rings is 1. The molecule has 2 rings (SSSR count). The largest absolute Gasteiger partial charge is 0.368 e. The van der Waals surface area contributed by atoms with E-state index >= 15 is 0 Å². The van der Waals surface area contributed by atoms with Gasteiger partial charge in [0, 0.05) is 23.7 Å². The van der Waals surface area contributed by atoms with Gasteiger partial charge in [-0.25, -0.2) is 18.1 Å². The molecule has 0 aromatic carbocycles. The number of aromatic nitrogens is 1. The molecule has 0 unspecified atom stereocenters. The zero-order chi connectivity index (χ0) is 17.7. The summed E-state index contributed by atoms with van der Waals surface area (Å²) in [5, 5.41) is 5.33. The SMILES string of the molecule is CC(C)NS(=O)(=O)c1ccc(NC[C@H](c2cccs2)N(C)C)nc1. The van der Waals surface area contributed by atoms with Crippen LogP contribution >= 0.6 is 11.3 Å². The summed E-state index contributed by atoms with van der Waals surface area (Å²) < 4.78 is 26.7. The Morgan fingerprint density at radius 1 is 1.25 bits per heavy atom. The highest BCUT2D eigenvalue weighted by molar-refractivity contribution is 7.89. The summed E-state index contributed by atoms with van der Waals surface area (Å²) in [6.45, 7) is 4.26. The minimum atomic E-state index is -3.50. The number of anilines is 1. The van der Waals surface area contributed by atoms with E-state index in [9.17, 15) is 8.42 Å². The maximum absolute atomic E-state index is 12.1. The van der Waals surface area contributed by atoms with Gasteiger partial charge in [-0.1, -0.05) is 6.07 Å². The molecule has 0 bridgehead atoms. The van der Waals surface area contributed by atoms with E-state index in [1.807, 2.05) is 20.2 Å². The predicted octanol–water partition coefficient (Wildman–Crippen LogP) is 2.54. The van der Waals surface area contributed by atoms with E-state index < -0.39 is 10.0 Å². The predicted molar refractivity (Wildman–Crippen MR) is 98.9 cm³/mol. The first kappa shape index (κ1) is 18.9. The Hall–Kier alpha value is -1.48. The van der Waals surface area contributed by atoms with Crippen molar-refractivity contribution in [2.75, 3.05) is 26.0 Å². The molecule has 0 fully saturated rings. The summed E-state index contributed by atoms with van der Waals surface area (Å²) in [5.74, 6) is 0.655. The number of nitrogens with zero attached hydrogens (tertiary/aromatic N) is 2. The van der Waals surface area contributed by atoms with Crippen molar-refractivity contribution in [3.05, 3.63) is 40.7 Å². The average Bonchev–Trinajstić information content (AvgIpc) is 3.00. The molecule has 0 spiro atoms. The number of hydrogen-bond acceptors (Lipinski definition) is 6. The van der Waals surface area contributed by atoms with Crippen LogP contribution in [0.4, 0.5) is 5.82 Å². The number of likely N-dealkylation sites (N-methyl/N-ethyl adjacent to an activating group) is 1. The van der Waals surface area contributed by atoms with E-state index in [1.165, 1.54) is 11.1 Å². The van der Waals surface area contributed by atoms with Gasteiger partial charge in [-0.05, 0) is 51.5 Å². The fourth-order valence-corrected chi connectivity index (χ4v) is 4.36. The second-order valence-electron chi connectivity index (χ2n) is 6.03. The molecular formula is C16H24N4O2S2. The van der Waals surface area contributed by atoms with Crippen molar-refractivity contribution in [2.24, 2.45) is 0 Å². The number of pyridine rings is 1. The van der Waals surface area contributed by atoms with Crippen molar-refractivity contribution in [3.63, 3.8) is 0 Å². The first-order valence-electron chi connectivity index (χ1n) is 7.71. The Balaban J connectivity index is 2.04. The third-order valence-electron chi connectivity index (χ3n) is 3.41. The van der Waals surface area contributed by atoms with Crippen molar-refractivity contribution < 1.29 is 8.42 Å². The standard InChI is InChI=1S/C16H24N4O2S2/c1-12(2)19-24(21,22)13-7-8-16(17-10-13)18-11-14(20(3)4)15-6-5-9-23-15/h5-10,12,14,19H,11H2,1-4H3,(H,17,18)/t14-/m1/s1. The third-order valence-corrected chi connectivity index (χ3v) is 6.03. The van der Waals surface area contributed by atoms with Crippen LogP contribution in [0, 0.1) is 0 Å². The molecule has 2 aromatic rings. The average molecular weight is 369 g/mol. The lowest BCUT2D eigenvalue weighted by Gasteiger charge is -2.23. The highest BCUT2D eigenvalue weighted by Gasteiger charge is 2.17. The highest BCUT2D eigenvalue weighted by Crippen LogP contribution is 2.23. The minimum Gasteiger partial charge on any atom is -0.368 e. The third kappa shape index (κ3) is 5.01. The monoisotopic (exact) mass is 368 g/mol. The Labute approximate surface area is 148 Å². The molecule has 2 aromatic heterocycles. The van der Waals surface area contributed by atoms with Crippen molar-refractivity contribution >= 4 is 27.2 Å². The zero-order valence-electron chi connectivity index (χ0n) is 14.4. The smallest absolute Gasteiger partial charge is 0.242 e. The first-order chi connectivity index (χ1) is 11.3. The molecule has 0 aliphatic heterocycles. The van der Waals surface area contributed by atoms with Crippen LogP contribution in [0.15, 0.2) is 40.7 Å². The van der Waals surface area contributed by atoms with Crippen LogP contribution in [0.5, 0.6) is 0 Å². The second kappa shape index (κ2) is 8.06. The first-order valence-corrected chi connectivity index (χ1v) is 10.1.